The van der Waals surface area contributed by atoms with Gasteiger partial charge in [0.2, 0.25) is 0 Å². The van der Waals surface area contributed by atoms with Crippen molar-refractivity contribution in [1.82, 2.24) is 0 Å². The number of rotatable bonds is 3. The first-order valence-corrected chi connectivity index (χ1v) is 3.10. The summed E-state index contributed by atoms with van der Waals surface area (Å²) in [4.78, 5) is 10.6. The van der Waals surface area contributed by atoms with Crippen LogP contribution in [-0.2, 0) is 9.53 Å². The molecule has 4 nitrogen and oxygen atoms in total. The van der Waals surface area contributed by atoms with Crippen LogP contribution in [0.15, 0.2) is 12.2 Å². The van der Waals surface area contributed by atoms with E-state index >= 15 is 0 Å². The van der Waals surface area contributed by atoms with Crippen LogP contribution < -0.4 is 5.73 Å². The zero-order valence-electron chi connectivity index (χ0n) is 6.28. The summed E-state index contributed by atoms with van der Waals surface area (Å²) in [7, 11) is 1.27. The molecule has 0 aromatic carbocycles. The van der Waals surface area contributed by atoms with Crippen LogP contribution in [-0.4, -0.2) is 19.1 Å². The number of hydrogen-bond donors (Lipinski definition) is 1. The first-order chi connectivity index (χ1) is 5.22. The second kappa shape index (κ2) is 5.45. The summed E-state index contributed by atoms with van der Waals surface area (Å²) in [6.45, 7) is 0. The minimum absolute atomic E-state index is 0.334. The molecule has 0 aromatic rings. The molecular weight excluding hydrogens is 144 g/mol. The number of carbonyl (C=O) groups excluding carboxylic acids is 1. The molecule has 1 atom stereocenters. The van der Waals surface area contributed by atoms with E-state index in [0.29, 0.717) is 6.42 Å². The number of hydrogen-bond acceptors (Lipinski definition) is 4. The Morgan fingerprint density at radius 1 is 1.91 bits per heavy atom. The molecule has 0 saturated carbocycles. The van der Waals surface area contributed by atoms with E-state index in [9.17, 15) is 4.79 Å². The maximum Gasteiger partial charge on any atom is 0.322 e. The van der Waals surface area contributed by atoms with Crippen LogP contribution in [0.4, 0.5) is 0 Å². The maximum absolute atomic E-state index is 10.6. The van der Waals surface area contributed by atoms with Gasteiger partial charge in [-0.3, -0.25) is 4.79 Å². The molecule has 0 saturated heterocycles. The number of methoxy groups -OCH3 is 1. The van der Waals surface area contributed by atoms with Crippen molar-refractivity contribution in [3.63, 3.8) is 0 Å². The fourth-order valence-corrected chi connectivity index (χ4v) is 0.515. The van der Waals surface area contributed by atoms with Gasteiger partial charge in [0.05, 0.1) is 13.2 Å². The molecule has 0 unspecified atom stereocenters. The van der Waals surface area contributed by atoms with Gasteiger partial charge in [-0.15, -0.1) is 0 Å². The van der Waals surface area contributed by atoms with Gasteiger partial charge in [-0.1, -0.05) is 6.08 Å². The van der Waals surface area contributed by atoms with E-state index in [1.54, 1.807) is 6.07 Å². The largest absolute Gasteiger partial charge is 0.468 e. The van der Waals surface area contributed by atoms with Crippen LogP contribution in [0.25, 0.3) is 0 Å². The second-order valence-electron chi connectivity index (χ2n) is 1.90. The lowest BCUT2D eigenvalue weighted by Crippen LogP contribution is -2.30. The summed E-state index contributed by atoms with van der Waals surface area (Å²) in [6.07, 6.45) is 3.14. The van der Waals surface area contributed by atoms with Crippen LogP contribution in [0.2, 0.25) is 0 Å². The summed E-state index contributed by atoms with van der Waals surface area (Å²) in [6, 6.07) is 1.13. The van der Waals surface area contributed by atoms with E-state index in [-0.39, 0.29) is 0 Å². The third-order valence-corrected chi connectivity index (χ3v) is 1.09. The van der Waals surface area contributed by atoms with Crippen molar-refractivity contribution in [3.05, 3.63) is 12.2 Å². The van der Waals surface area contributed by atoms with Crippen LogP contribution in [0.5, 0.6) is 0 Å². The normalized spacial score (nSPS) is 12.5. The van der Waals surface area contributed by atoms with Crippen molar-refractivity contribution < 1.29 is 9.53 Å². The Hall–Kier alpha value is -1.34. The van der Waals surface area contributed by atoms with Gasteiger partial charge in [0.25, 0.3) is 0 Å². The minimum Gasteiger partial charge on any atom is -0.468 e. The van der Waals surface area contributed by atoms with Gasteiger partial charge in [-0.2, -0.15) is 5.26 Å². The van der Waals surface area contributed by atoms with Crippen LogP contribution in [0.3, 0.4) is 0 Å². The molecule has 0 rings (SSSR count). The molecular formula is C7H10N2O2. The fraction of sp³-hybridized carbons (Fsp3) is 0.429. The standard InChI is InChI=1S/C7H10N2O2/c1-11-7(10)6(9)4-2-3-5-8/h2-3,6H,4,9H2,1H3/b3-2-/t6-/m0/s1. The summed E-state index contributed by atoms with van der Waals surface area (Å²) in [5.41, 5.74) is 5.33. The Balaban J connectivity index is 3.70. The van der Waals surface area contributed by atoms with Gasteiger partial charge in [-0.25, -0.2) is 0 Å². The predicted molar refractivity (Wildman–Crippen MR) is 39.4 cm³/mol. The molecule has 0 aromatic heterocycles. The van der Waals surface area contributed by atoms with Gasteiger partial charge in [0, 0.05) is 6.08 Å². The molecule has 0 fully saturated rings. The van der Waals surface area contributed by atoms with E-state index in [4.69, 9.17) is 11.0 Å². The molecule has 0 radical (unpaired) electrons. The molecule has 11 heavy (non-hydrogen) atoms. The van der Waals surface area contributed by atoms with Crippen molar-refractivity contribution in [3.8, 4) is 6.07 Å². The highest BCUT2D eigenvalue weighted by molar-refractivity contribution is 5.75. The molecule has 0 spiro atoms. The average molecular weight is 154 g/mol. The number of carbonyl (C=O) groups is 1. The van der Waals surface area contributed by atoms with Crippen molar-refractivity contribution >= 4 is 5.97 Å². The maximum atomic E-state index is 10.6. The molecule has 0 aliphatic carbocycles. The zero-order chi connectivity index (χ0) is 8.69. The molecule has 4 heteroatoms. The molecule has 0 bridgehead atoms. The molecule has 0 aliphatic heterocycles. The number of esters is 1. The van der Waals surface area contributed by atoms with Gasteiger partial charge in [-0.05, 0) is 6.42 Å². The highest BCUT2D eigenvalue weighted by atomic mass is 16.5. The Bertz CT molecular complexity index is 193. The molecule has 0 aliphatic rings. The number of allylic oxidation sites excluding steroid dienone is 1. The Kier molecular flexibility index (Phi) is 4.78. The third kappa shape index (κ3) is 4.12. The lowest BCUT2D eigenvalue weighted by Gasteiger charge is -2.04. The molecule has 2 N–H and O–H groups in total. The highest BCUT2D eigenvalue weighted by Crippen LogP contribution is 1.91. The summed E-state index contributed by atoms with van der Waals surface area (Å²) >= 11 is 0. The average Bonchev–Trinajstić information content (AvgIpc) is 2.03. The number of nitriles is 1. The van der Waals surface area contributed by atoms with Gasteiger partial charge >= 0.3 is 5.97 Å². The first-order valence-electron chi connectivity index (χ1n) is 3.10. The van der Waals surface area contributed by atoms with Gasteiger partial charge in [0.1, 0.15) is 6.04 Å². The monoisotopic (exact) mass is 154 g/mol. The lowest BCUT2D eigenvalue weighted by molar-refractivity contribution is -0.142. The fourth-order valence-electron chi connectivity index (χ4n) is 0.515. The van der Waals surface area contributed by atoms with Crippen molar-refractivity contribution in [2.24, 2.45) is 5.73 Å². The highest BCUT2D eigenvalue weighted by Gasteiger charge is 2.10. The summed E-state index contributed by atoms with van der Waals surface area (Å²) in [5.74, 6) is -0.465. The van der Waals surface area contributed by atoms with Crippen LogP contribution in [0.1, 0.15) is 6.42 Å². The SMILES string of the molecule is COC(=O)[C@@H](N)C/C=C\C#N. The number of nitrogens with two attached hydrogens (primary N) is 1. The topological polar surface area (TPSA) is 76.1 Å². The van der Waals surface area contributed by atoms with Gasteiger partial charge < -0.3 is 10.5 Å². The quantitative estimate of drug-likeness (QED) is 0.457. The van der Waals surface area contributed by atoms with Gasteiger partial charge in [0.15, 0.2) is 0 Å². The number of nitrogens with zero attached hydrogens (tertiary/aromatic N) is 1. The van der Waals surface area contributed by atoms with Crippen molar-refractivity contribution in [2.75, 3.05) is 7.11 Å². The van der Waals surface area contributed by atoms with Crippen LogP contribution in [0, 0.1) is 11.3 Å². The van der Waals surface area contributed by atoms with E-state index in [2.05, 4.69) is 4.74 Å². The summed E-state index contributed by atoms with van der Waals surface area (Å²) in [5, 5.41) is 8.08. The second-order valence-corrected chi connectivity index (χ2v) is 1.90. The van der Waals surface area contributed by atoms with E-state index in [0.717, 1.165) is 0 Å². The first kappa shape index (κ1) is 9.66. The molecule has 0 amide bonds. The summed E-state index contributed by atoms with van der Waals surface area (Å²) < 4.78 is 4.36. The lowest BCUT2D eigenvalue weighted by atomic mass is 10.2. The Labute approximate surface area is 65.2 Å². The van der Waals surface area contributed by atoms with Crippen LogP contribution >= 0.6 is 0 Å². The van der Waals surface area contributed by atoms with E-state index in [1.807, 2.05) is 0 Å². The predicted octanol–water partition coefficient (Wildman–Crippen LogP) is -0.0434. The molecule has 60 valence electrons. The zero-order valence-corrected chi connectivity index (χ0v) is 6.28. The smallest absolute Gasteiger partial charge is 0.322 e. The van der Waals surface area contributed by atoms with Crippen molar-refractivity contribution in [1.29, 1.82) is 5.26 Å². The molecule has 0 heterocycles. The number of ether oxygens (including phenoxy) is 1. The minimum atomic E-state index is -0.662. The van der Waals surface area contributed by atoms with E-state index < -0.39 is 12.0 Å². The van der Waals surface area contributed by atoms with Crippen molar-refractivity contribution in [2.45, 2.75) is 12.5 Å². The van der Waals surface area contributed by atoms with E-state index in [1.165, 1.54) is 19.3 Å². The third-order valence-electron chi connectivity index (χ3n) is 1.09. The Morgan fingerprint density at radius 2 is 2.55 bits per heavy atom. The Morgan fingerprint density at radius 3 is 3.00 bits per heavy atom.